The SMILES string of the molecule is CCC1CCC(NC(=O)COC)C1C. The fraction of sp³-hybridized carbons (Fsp3) is 0.909. The third-order valence-electron chi connectivity index (χ3n) is 3.37. The normalized spacial score (nSPS) is 31.8. The van der Waals surface area contributed by atoms with Crippen LogP contribution in [0.15, 0.2) is 0 Å². The molecule has 0 bridgehead atoms. The maximum Gasteiger partial charge on any atom is 0.246 e. The van der Waals surface area contributed by atoms with Crippen LogP contribution in [0.1, 0.15) is 33.1 Å². The molecule has 0 saturated heterocycles. The van der Waals surface area contributed by atoms with Crippen LogP contribution in [-0.2, 0) is 9.53 Å². The van der Waals surface area contributed by atoms with Gasteiger partial charge in [0.1, 0.15) is 6.61 Å². The Morgan fingerprint density at radius 1 is 1.50 bits per heavy atom. The Morgan fingerprint density at radius 3 is 2.71 bits per heavy atom. The average molecular weight is 199 g/mol. The molecule has 0 aromatic heterocycles. The van der Waals surface area contributed by atoms with E-state index in [0.29, 0.717) is 12.0 Å². The molecular weight excluding hydrogens is 178 g/mol. The molecule has 14 heavy (non-hydrogen) atoms. The highest BCUT2D eigenvalue weighted by Crippen LogP contribution is 2.33. The number of nitrogens with one attached hydrogen (secondary N) is 1. The van der Waals surface area contributed by atoms with Gasteiger partial charge in [0.2, 0.25) is 5.91 Å². The summed E-state index contributed by atoms with van der Waals surface area (Å²) in [5, 5.41) is 3.03. The third-order valence-corrected chi connectivity index (χ3v) is 3.37. The molecule has 3 unspecified atom stereocenters. The van der Waals surface area contributed by atoms with Crippen LogP contribution < -0.4 is 5.32 Å². The molecule has 1 amide bonds. The number of amides is 1. The summed E-state index contributed by atoms with van der Waals surface area (Å²) in [5.74, 6) is 1.41. The molecule has 0 heterocycles. The second-order valence-electron chi connectivity index (χ2n) is 4.21. The fourth-order valence-electron chi connectivity index (χ4n) is 2.41. The highest BCUT2D eigenvalue weighted by molar-refractivity contribution is 5.77. The van der Waals surface area contributed by atoms with Crippen LogP contribution in [0.2, 0.25) is 0 Å². The van der Waals surface area contributed by atoms with Crippen molar-refractivity contribution in [2.24, 2.45) is 11.8 Å². The first-order valence-corrected chi connectivity index (χ1v) is 5.47. The van der Waals surface area contributed by atoms with Gasteiger partial charge in [-0.25, -0.2) is 0 Å². The summed E-state index contributed by atoms with van der Waals surface area (Å²) in [4.78, 5) is 11.3. The number of methoxy groups -OCH3 is 1. The van der Waals surface area contributed by atoms with Gasteiger partial charge in [-0.15, -0.1) is 0 Å². The topological polar surface area (TPSA) is 38.3 Å². The monoisotopic (exact) mass is 199 g/mol. The molecule has 3 nitrogen and oxygen atoms in total. The molecule has 82 valence electrons. The summed E-state index contributed by atoms with van der Waals surface area (Å²) in [6, 6.07) is 0.364. The van der Waals surface area contributed by atoms with Gasteiger partial charge < -0.3 is 10.1 Å². The van der Waals surface area contributed by atoms with Crippen molar-refractivity contribution >= 4 is 5.91 Å². The molecule has 0 aromatic carbocycles. The predicted octanol–water partition coefficient (Wildman–Crippen LogP) is 1.57. The Hall–Kier alpha value is -0.570. The van der Waals surface area contributed by atoms with E-state index in [0.717, 1.165) is 12.3 Å². The second kappa shape index (κ2) is 5.35. The zero-order chi connectivity index (χ0) is 10.6. The van der Waals surface area contributed by atoms with Crippen molar-refractivity contribution in [1.82, 2.24) is 5.32 Å². The van der Waals surface area contributed by atoms with Gasteiger partial charge in [0.15, 0.2) is 0 Å². The average Bonchev–Trinajstić information content (AvgIpc) is 2.48. The van der Waals surface area contributed by atoms with E-state index in [1.54, 1.807) is 7.11 Å². The first-order chi connectivity index (χ1) is 6.69. The van der Waals surface area contributed by atoms with Crippen LogP contribution in [0.4, 0.5) is 0 Å². The molecule has 3 atom stereocenters. The van der Waals surface area contributed by atoms with Crippen LogP contribution in [0.5, 0.6) is 0 Å². The summed E-state index contributed by atoms with van der Waals surface area (Å²) < 4.78 is 4.79. The van der Waals surface area contributed by atoms with Crippen molar-refractivity contribution < 1.29 is 9.53 Å². The molecule has 0 aliphatic heterocycles. The number of hydrogen-bond acceptors (Lipinski definition) is 2. The lowest BCUT2D eigenvalue weighted by atomic mass is 9.93. The zero-order valence-corrected chi connectivity index (χ0v) is 9.38. The Labute approximate surface area is 86.2 Å². The molecule has 1 rings (SSSR count). The summed E-state index contributed by atoms with van der Waals surface area (Å²) in [5.41, 5.74) is 0. The highest BCUT2D eigenvalue weighted by atomic mass is 16.5. The third kappa shape index (κ3) is 2.71. The van der Waals surface area contributed by atoms with Crippen LogP contribution in [-0.4, -0.2) is 25.7 Å². The number of ether oxygens (including phenoxy) is 1. The van der Waals surface area contributed by atoms with Gasteiger partial charge in [0.25, 0.3) is 0 Å². The number of carbonyl (C=O) groups excluding carboxylic acids is 1. The van der Waals surface area contributed by atoms with Gasteiger partial charge in [-0.2, -0.15) is 0 Å². The predicted molar refractivity (Wildman–Crippen MR) is 56.0 cm³/mol. The van der Waals surface area contributed by atoms with Crippen LogP contribution in [0, 0.1) is 11.8 Å². The van der Waals surface area contributed by atoms with E-state index in [4.69, 9.17) is 4.74 Å². The van der Waals surface area contributed by atoms with E-state index in [-0.39, 0.29) is 12.5 Å². The lowest BCUT2D eigenvalue weighted by molar-refractivity contribution is -0.125. The van der Waals surface area contributed by atoms with Gasteiger partial charge in [-0.05, 0) is 24.7 Å². The highest BCUT2D eigenvalue weighted by Gasteiger charge is 2.32. The quantitative estimate of drug-likeness (QED) is 0.746. The second-order valence-corrected chi connectivity index (χ2v) is 4.21. The lowest BCUT2D eigenvalue weighted by Crippen LogP contribution is -2.39. The van der Waals surface area contributed by atoms with E-state index in [1.807, 2.05) is 0 Å². The van der Waals surface area contributed by atoms with E-state index in [9.17, 15) is 4.79 Å². The molecule has 1 aliphatic rings. The van der Waals surface area contributed by atoms with Crippen molar-refractivity contribution in [3.8, 4) is 0 Å². The van der Waals surface area contributed by atoms with Crippen LogP contribution in [0.25, 0.3) is 0 Å². The minimum atomic E-state index is 0.0149. The first kappa shape index (κ1) is 11.5. The Morgan fingerprint density at radius 2 is 2.21 bits per heavy atom. The van der Waals surface area contributed by atoms with Crippen molar-refractivity contribution in [1.29, 1.82) is 0 Å². The van der Waals surface area contributed by atoms with Gasteiger partial charge in [-0.1, -0.05) is 20.3 Å². The number of hydrogen-bond donors (Lipinski definition) is 1. The smallest absolute Gasteiger partial charge is 0.246 e. The molecular formula is C11H21NO2. The molecule has 1 saturated carbocycles. The van der Waals surface area contributed by atoms with E-state index < -0.39 is 0 Å². The summed E-state index contributed by atoms with van der Waals surface area (Å²) in [7, 11) is 1.55. The van der Waals surface area contributed by atoms with Gasteiger partial charge in [-0.3, -0.25) is 4.79 Å². The maximum atomic E-state index is 11.3. The molecule has 1 fully saturated rings. The van der Waals surface area contributed by atoms with Gasteiger partial charge in [0.05, 0.1) is 0 Å². The summed E-state index contributed by atoms with van der Waals surface area (Å²) in [6.07, 6.45) is 3.59. The Bertz CT molecular complexity index is 194. The van der Waals surface area contributed by atoms with Crippen molar-refractivity contribution in [2.45, 2.75) is 39.2 Å². The first-order valence-electron chi connectivity index (χ1n) is 5.47. The molecule has 1 aliphatic carbocycles. The van der Waals surface area contributed by atoms with Crippen LogP contribution >= 0.6 is 0 Å². The zero-order valence-electron chi connectivity index (χ0n) is 9.38. The molecule has 0 aromatic rings. The molecule has 1 N–H and O–H groups in total. The van der Waals surface area contributed by atoms with E-state index in [2.05, 4.69) is 19.2 Å². The Kier molecular flexibility index (Phi) is 4.39. The maximum absolute atomic E-state index is 11.3. The van der Waals surface area contributed by atoms with E-state index >= 15 is 0 Å². The van der Waals surface area contributed by atoms with Crippen LogP contribution in [0.3, 0.4) is 0 Å². The fourth-order valence-corrected chi connectivity index (χ4v) is 2.41. The van der Waals surface area contributed by atoms with Crippen molar-refractivity contribution in [3.63, 3.8) is 0 Å². The summed E-state index contributed by atoms with van der Waals surface area (Å²) >= 11 is 0. The Balaban J connectivity index is 2.36. The minimum Gasteiger partial charge on any atom is -0.375 e. The van der Waals surface area contributed by atoms with E-state index in [1.165, 1.54) is 12.8 Å². The minimum absolute atomic E-state index is 0.0149. The van der Waals surface area contributed by atoms with Gasteiger partial charge >= 0.3 is 0 Å². The number of rotatable bonds is 4. The largest absolute Gasteiger partial charge is 0.375 e. The lowest BCUT2D eigenvalue weighted by Gasteiger charge is -2.20. The van der Waals surface area contributed by atoms with Gasteiger partial charge in [0, 0.05) is 13.2 Å². The van der Waals surface area contributed by atoms with Crippen molar-refractivity contribution in [2.75, 3.05) is 13.7 Å². The molecule has 3 heteroatoms. The van der Waals surface area contributed by atoms with Crippen molar-refractivity contribution in [3.05, 3.63) is 0 Å². The molecule has 0 spiro atoms. The standard InChI is InChI=1S/C11H21NO2/c1-4-9-5-6-10(8(9)2)12-11(13)7-14-3/h8-10H,4-7H2,1-3H3,(H,12,13). The number of carbonyl (C=O) groups is 1. The summed E-state index contributed by atoms with van der Waals surface area (Å²) in [6.45, 7) is 4.64. The molecule has 0 radical (unpaired) electrons.